The molecule has 96 valence electrons. The Morgan fingerprint density at radius 1 is 1.16 bits per heavy atom. The maximum Gasteiger partial charge on any atom is 0.275 e. The van der Waals surface area contributed by atoms with Gasteiger partial charge in [0.05, 0.1) is 0 Å². The third kappa shape index (κ3) is 2.06. The molecule has 1 atom stereocenters. The monoisotopic (exact) mass is 255 g/mol. The average Bonchev–Trinajstić information content (AvgIpc) is 2.91. The average molecular weight is 255 g/mol. The van der Waals surface area contributed by atoms with Gasteiger partial charge in [0.15, 0.2) is 0 Å². The van der Waals surface area contributed by atoms with Gasteiger partial charge in [-0.05, 0) is 17.7 Å². The van der Waals surface area contributed by atoms with Gasteiger partial charge < -0.3 is 4.74 Å². The van der Waals surface area contributed by atoms with Crippen molar-refractivity contribution in [2.24, 2.45) is 0 Å². The summed E-state index contributed by atoms with van der Waals surface area (Å²) in [6, 6.07) is 15.2. The van der Waals surface area contributed by atoms with E-state index < -0.39 is 5.91 Å². The molecule has 0 fully saturated rings. The first-order valence-corrected chi connectivity index (χ1v) is 6.07. The highest BCUT2D eigenvalue weighted by molar-refractivity contribution is 5.95. The molecule has 0 bridgehead atoms. The molecule has 0 aliphatic carbocycles. The van der Waals surface area contributed by atoms with E-state index in [4.69, 9.17) is 9.94 Å². The molecular weight excluding hydrogens is 242 g/mol. The van der Waals surface area contributed by atoms with Crippen LogP contribution in [0.1, 0.15) is 27.6 Å². The van der Waals surface area contributed by atoms with Gasteiger partial charge in [-0.3, -0.25) is 10.0 Å². The highest BCUT2D eigenvalue weighted by atomic mass is 16.5. The molecule has 19 heavy (non-hydrogen) atoms. The predicted molar refractivity (Wildman–Crippen MR) is 69.2 cm³/mol. The largest absolute Gasteiger partial charge is 0.485 e. The lowest BCUT2D eigenvalue weighted by atomic mass is 9.99. The Morgan fingerprint density at radius 3 is 2.68 bits per heavy atom. The van der Waals surface area contributed by atoms with Crippen LogP contribution in [0.2, 0.25) is 0 Å². The van der Waals surface area contributed by atoms with Crippen LogP contribution in [-0.4, -0.2) is 11.1 Å². The zero-order valence-corrected chi connectivity index (χ0v) is 10.2. The molecule has 2 aromatic rings. The van der Waals surface area contributed by atoms with Crippen molar-refractivity contribution in [3.63, 3.8) is 0 Å². The van der Waals surface area contributed by atoms with Crippen molar-refractivity contribution >= 4 is 5.91 Å². The molecule has 1 unspecified atom stereocenters. The van der Waals surface area contributed by atoms with Crippen molar-refractivity contribution < 1.29 is 14.7 Å². The van der Waals surface area contributed by atoms with Crippen LogP contribution < -0.4 is 10.2 Å². The van der Waals surface area contributed by atoms with E-state index >= 15 is 0 Å². The topological polar surface area (TPSA) is 58.6 Å². The van der Waals surface area contributed by atoms with E-state index in [0.717, 1.165) is 11.1 Å². The van der Waals surface area contributed by atoms with E-state index in [1.807, 2.05) is 36.4 Å². The first kappa shape index (κ1) is 11.7. The van der Waals surface area contributed by atoms with E-state index in [-0.39, 0.29) is 6.10 Å². The van der Waals surface area contributed by atoms with Gasteiger partial charge in [-0.15, -0.1) is 0 Å². The fourth-order valence-electron chi connectivity index (χ4n) is 2.39. The first-order chi connectivity index (χ1) is 9.29. The maximum atomic E-state index is 11.6. The summed E-state index contributed by atoms with van der Waals surface area (Å²) in [4.78, 5) is 11.6. The van der Waals surface area contributed by atoms with Crippen LogP contribution in [0.5, 0.6) is 5.75 Å². The Morgan fingerprint density at radius 2 is 1.95 bits per heavy atom. The van der Waals surface area contributed by atoms with Crippen molar-refractivity contribution in [3.8, 4) is 5.75 Å². The second kappa shape index (κ2) is 4.74. The van der Waals surface area contributed by atoms with Crippen LogP contribution in [0.4, 0.5) is 0 Å². The second-order valence-electron chi connectivity index (χ2n) is 4.44. The van der Waals surface area contributed by atoms with Crippen molar-refractivity contribution in [1.29, 1.82) is 0 Å². The number of hydroxylamine groups is 1. The minimum Gasteiger partial charge on any atom is -0.485 e. The number of amides is 1. The molecule has 1 aliphatic heterocycles. The Hall–Kier alpha value is -2.33. The van der Waals surface area contributed by atoms with Crippen LogP contribution in [0, 0.1) is 0 Å². The Kier molecular flexibility index (Phi) is 2.93. The predicted octanol–water partition coefficient (Wildman–Crippen LogP) is 2.48. The number of benzene rings is 2. The van der Waals surface area contributed by atoms with E-state index in [1.165, 1.54) is 0 Å². The Labute approximate surface area is 110 Å². The lowest BCUT2D eigenvalue weighted by Crippen LogP contribution is -2.19. The number of rotatable bonds is 2. The number of ether oxygens (including phenoxy) is 1. The third-order valence-electron chi connectivity index (χ3n) is 3.31. The van der Waals surface area contributed by atoms with Gasteiger partial charge in [-0.25, -0.2) is 5.48 Å². The van der Waals surface area contributed by atoms with Gasteiger partial charge in [0, 0.05) is 17.5 Å². The van der Waals surface area contributed by atoms with Gasteiger partial charge in [0.25, 0.3) is 5.91 Å². The Balaban J connectivity index is 1.94. The zero-order valence-electron chi connectivity index (χ0n) is 10.2. The molecule has 4 heteroatoms. The Bertz CT molecular complexity index is 610. The van der Waals surface area contributed by atoms with Gasteiger partial charge in [-0.2, -0.15) is 0 Å². The number of hydrogen-bond donors (Lipinski definition) is 2. The molecule has 0 aromatic heterocycles. The van der Waals surface area contributed by atoms with Gasteiger partial charge in [-0.1, -0.05) is 36.4 Å². The molecule has 1 heterocycles. The molecule has 2 N–H and O–H groups in total. The molecule has 0 saturated heterocycles. The summed E-state index contributed by atoms with van der Waals surface area (Å²) in [7, 11) is 0. The van der Waals surface area contributed by atoms with Crippen molar-refractivity contribution in [2.75, 3.05) is 0 Å². The van der Waals surface area contributed by atoms with Crippen LogP contribution >= 0.6 is 0 Å². The number of hydrogen-bond acceptors (Lipinski definition) is 3. The maximum absolute atomic E-state index is 11.6. The zero-order chi connectivity index (χ0) is 13.2. The molecule has 3 rings (SSSR count). The fourth-order valence-corrected chi connectivity index (χ4v) is 2.39. The second-order valence-corrected chi connectivity index (χ2v) is 4.44. The van der Waals surface area contributed by atoms with E-state index in [0.29, 0.717) is 17.7 Å². The summed E-state index contributed by atoms with van der Waals surface area (Å²) in [5, 5.41) is 8.76. The van der Waals surface area contributed by atoms with Crippen LogP contribution in [-0.2, 0) is 6.42 Å². The molecule has 0 radical (unpaired) electrons. The quantitative estimate of drug-likeness (QED) is 0.640. The third-order valence-corrected chi connectivity index (χ3v) is 3.31. The summed E-state index contributed by atoms with van der Waals surface area (Å²) < 4.78 is 5.87. The normalized spacial score (nSPS) is 16.6. The summed E-state index contributed by atoms with van der Waals surface area (Å²) in [5.41, 5.74) is 4.04. The van der Waals surface area contributed by atoms with Crippen LogP contribution in [0.25, 0.3) is 0 Å². The van der Waals surface area contributed by atoms with Gasteiger partial charge in [0.1, 0.15) is 11.9 Å². The highest BCUT2D eigenvalue weighted by Gasteiger charge is 2.28. The van der Waals surface area contributed by atoms with E-state index in [2.05, 4.69) is 0 Å². The molecule has 0 saturated carbocycles. The SMILES string of the molecule is O=C(NO)c1cccc2c1CC(c1ccccc1)O2. The smallest absolute Gasteiger partial charge is 0.275 e. The molecule has 1 aliphatic rings. The van der Waals surface area contributed by atoms with Gasteiger partial charge in [0.2, 0.25) is 0 Å². The molecule has 4 nitrogen and oxygen atoms in total. The summed E-state index contributed by atoms with van der Waals surface area (Å²) in [6.45, 7) is 0. The van der Waals surface area contributed by atoms with Crippen molar-refractivity contribution in [2.45, 2.75) is 12.5 Å². The lowest BCUT2D eigenvalue weighted by molar-refractivity contribution is 0.0705. The fraction of sp³-hybridized carbons (Fsp3) is 0.133. The molecule has 2 aromatic carbocycles. The van der Waals surface area contributed by atoms with Crippen molar-refractivity contribution in [3.05, 3.63) is 65.2 Å². The molecular formula is C15H13NO3. The van der Waals surface area contributed by atoms with E-state index in [9.17, 15) is 4.79 Å². The molecule has 1 amide bonds. The molecule has 0 spiro atoms. The number of carbonyl (C=O) groups excluding carboxylic acids is 1. The van der Waals surface area contributed by atoms with Crippen molar-refractivity contribution in [1.82, 2.24) is 5.48 Å². The highest BCUT2D eigenvalue weighted by Crippen LogP contribution is 2.38. The van der Waals surface area contributed by atoms with Crippen LogP contribution in [0.3, 0.4) is 0 Å². The number of fused-ring (bicyclic) bond motifs is 1. The first-order valence-electron chi connectivity index (χ1n) is 6.07. The minimum absolute atomic E-state index is 0.0798. The minimum atomic E-state index is -0.505. The summed E-state index contributed by atoms with van der Waals surface area (Å²) in [5.74, 6) is 0.198. The standard InChI is InChI=1S/C15H13NO3/c17-15(16-18)11-7-4-8-13-12(11)9-14(19-13)10-5-2-1-3-6-10/h1-8,14,18H,9H2,(H,16,17). The number of carbonyl (C=O) groups is 1. The number of nitrogens with one attached hydrogen (secondary N) is 1. The lowest BCUT2D eigenvalue weighted by Gasteiger charge is -2.10. The van der Waals surface area contributed by atoms with Crippen LogP contribution in [0.15, 0.2) is 48.5 Å². The van der Waals surface area contributed by atoms with Gasteiger partial charge >= 0.3 is 0 Å². The van der Waals surface area contributed by atoms with E-state index in [1.54, 1.807) is 17.6 Å². The summed E-state index contributed by atoms with van der Waals surface area (Å²) in [6.07, 6.45) is 0.548. The summed E-state index contributed by atoms with van der Waals surface area (Å²) >= 11 is 0.